The summed E-state index contributed by atoms with van der Waals surface area (Å²) >= 11 is 0. The Morgan fingerprint density at radius 1 is 1.28 bits per heavy atom. The fraction of sp³-hybridized carbons (Fsp3) is 0.789. The highest BCUT2D eigenvalue weighted by atomic mass is 16.6. The van der Waals surface area contributed by atoms with Crippen LogP contribution in [0.5, 0.6) is 0 Å². The number of carbonyl (C=O) groups is 2. The fourth-order valence-corrected chi connectivity index (χ4v) is 7.72. The second-order valence-corrected chi connectivity index (χ2v) is 9.24. The maximum absolute atomic E-state index is 12.7. The number of fused-ring (bicyclic) bond motifs is 1. The van der Waals surface area contributed by atoms with Crippen LogP contribution in [0.1, 0.15) is 39.0 Å². The second-order valence-electron chi connectivity index (χ2n) is 9.24. The lowest BCUT2D eigenvalue weighted by molar-refractivity contribution is -0.163. The van der Waals surface area contributed by atoms with Crippen molar-refractivity contribution in [3.8, 4) is 0 Å². The molecule has 0 aromatic carbocycles. The molecule has 4 bridgehead atoms. The summed E-state index contributed by atoms with van der Waals surface area (Å²) in [6, 6.07) is 0. The molecule has 6 heteroatoms. The number of hydrogen-bond acceptors (Lipinski definition) is 5. The topological polar surface area (TPSA) is 104 Å². The Hall–Kier alpha value is -1.40. The summed E-state index contributed by atoms with van der Waals surface area (Å²) < 4.78 is 5.92. The van der Waals surface area contributed by atoms with E-state index in [1.807, 2.05) is 0 Å². The van der Waals surface area contributed by atoms with E-state index < -0.39 is 52.4 Å². The average molecular weight is 348 g/mol. The molecule has 9 atom stereocenters. The maximum atomic E-state index is 12.7. The highest BCUT2D eigenvalue weighted by molar-refractivity contribution is 5.85. The van der Waals surface area contributed by atoms with Gasteiger partial charge < -0.3 is 20.1 Å². The molecule has 136 valence electrons. The minimum atomic E-state index is -1.37. The van der Waals surface area contributed by atoms with E-state index >= 15 is 0 Å². The molecule has 6 nitrogen and oxygen atoms in total. The molecule has 3 N–H and O–H groups in total. The van der Waals surface area contributed by atoms with Gasteiger partial charge in [0.1, 0.15) is 11.0 Å². The predicted molar refractivity (Wildman–Crippen MR) is 85.2 cm³/mol. The number of rotatable bonds is 1. The summed E-state index contributed by atoms with van der Waals surface area (Å²) in [5.41, 5.74) is -1.70. The number of carboxylic acids is 1. The van der Waals surface area contributed by atoms with Crippen LogP contribution in [0.25, 0.3) is 0 Å². The molecule has 1 aliphatic heterocycles. The Balaban J connectivity index is 1.76. The van der Waals surface area contributed by atoms with Crippen LogP contribution in [0.15, 0.2) is 12.2 Å². The minimum absolute atomic E-state index is 0.0884. The zero-order valence-electron chi connectivity index (χ0n) is 14.3. The predicted octanol–water partition coefficient (Wildman–Crippen LogP) is 1.11. The number of aliphatic hydroxyl groups excluding tert-OH is 2. The van der Waals surface area contributed by atoms with E-state index in [0.29, 0.717) is 12.3 Å². The zero-order valence-corrected chi connectivity index (χ0v) is 14.3. The quantitative estimate of drug-likeness (QED) is 0.484. The fourth-order valence-electron chi connectivity index (χ4n) is 7.72. The number of allylic oxidation sites excluding steroid dienone is 1. The van der Waals surface area contributed by atoms with Gasteiger partial charge in [-0.3, -0.25) is 9.59 Å². The van der Waals surface area contributed by atoms with E-state index in [1.54, 1.807) is 6.92 Å². The van der Waals surface area contributed by atoms with Crippen molar-refractivity contribution in [2.24, 2.45) is 34.5 Å². The van der Waals surface area contributed by atoms with Gasteiger partial charge in [0.2, 0.25) is 0 Å². The lowest BCUT2D eigenvalue weighted by atomic mass is 9.58. The molecule has 1 saturated heterocycles. The van der Waals surface area contributed by atoms with Crippen molar-refractivity contribution in [3.05, 3.63) is 12.2 Å². The van der Waals surface area contributed by atoms with Crippen LogP contribution >= 0.6 is 0 Å². The van der Waals surface area contributed by atoms with Crippen molar-refractivity contribution in [1.82, 2.24) is 0 Å². The van der Waals surface area contributed by atoms with Gasteiger partial charge in [-0.1, -0.05) is 12.2 Å². The largest absolute Gasteiger partial charge is 0.481 e. The number of ether oxygens (including phenoxy) is 1. The molecular formula is C19H24O6. The van der Waals surface area contributed by atoms with E-state index in [0.717, 1.165) is 24.8 Å². The molecule has 25 heavy (non-hydrogen) atoms. The van der Waals surface area contributed by atoms with Crippen LogP contribution < -0.4 is 0 Å². The highest BCUT2D eigenvalue weighted by Gasteiger charge is 2.84. The molecule has 9 unspecified atom stereocenters. The van der Waals surface area contributed by atoms with Gasteiger partial charge in [0.05, 0.1) is 18.1 Å². The van der Waals surface area contributed by atoms with E-state index in [9.17, 15) is 24.9 Å². The standard InChI is InChI=1S/C19H24O6/c1-8-5-18-6-9(8)3-4-11(18)19-7-10(20)14(21)17(2,16(24)25-19)13(19)12(18)15(22)23/h9-14,20-21H,1,3-7H2,2H3,(H,22,23). The number of aliphatic carboxylic acids is 1. The Kier molecular flexibility index (Phi) is 2.71. The summed E-state index contributed by atoms with van der Waals surface area (Å²) in [6.07, 6.45) is 0.907. The summed E-state index contributed by atoms with van der Waals surface area (Å²) in [7, 11) is 0. The molecule has 1 heterocycles. The van der Waals surface area contributed by atoms with Gasteiger partial charge in [-0.15, -0.1) is 0 Å². The molecule has 5 rings (SSSR count). The smallest absolute Gasteiger partial charge is 0.315 e. The van der Waals surface area contributed by atoms with Crippen LogP contribution in [-0.2, 0) is 14.3 Å². The van der Waals surface area contributed by atoms with Gasteiger partial charge in [-0.05, 0) is 43.9 Å². The molecule has 0 amide bonds. The first-order valence-corrected chi connectivity index (χ1v) is 9.18. The summed E-state index contributed by atoms with van der Waals surface area (Å²) in [6.45, 7) is 5.77. The number of carboxylic acid groups (broad SMARTS) is 1. The molecular weight excluding hydrogens is 324 g/mol. The first-order valence-electron chi connectivity index (χ1n) is 9.18. The first-order chi connectivity index (χ1) is 11.7. The van der Waals surface area contributed by atoms with Crippen molar-refractivity contribution in [1.29, 1.82) is 0 Å². The molecule has 5 fully saturated rings. The van der Waals surface area contributed by atoms with Crippen LogP contribution in [0.2, 0.25) is 0 Å². The van der Waals surface area contributed by atoms with Crippen molar-refractivity contribution >= 4 is 11.9 Å². The maximum Gasteiger partial charge on any atom is 0.315 e. The SMILES string of the molecule is C=C1CC23CC1CCC2C12CC(O)C(O)C(C)(C(=O)O1)C2C3C(=O)O. The second kappa shape index (κ2) is 4.29. The third kappa shape index (κ3) is 1.44. The Morgan fingerprint density at radius 2 is 2.00 bits per heavy atom. The molecule has 0 aromatic rings. The Morgan fingerprint density at radius 3 is 2.68 bits per heavy atom. The van der Waals surface area contributed by atoms with Gasteiger partial charge in [-0.25, -0.2) is 0 Å². The normalized spacial score (nSPS) is 58.7. The van der Waals surface area contributed by atoms with Crippen LogP contribution in [0.3, 0.4) is 0 Å². The summed E-state index contributed by atoms with van der Waals surface area (Å²) in [5, 5.41) is 31.3. The number of aliphatic hydroxyl groups is 2. The van der Waals surface area contributed by atoms with Crippen molar-refractivity contribution in [3.63, 3.8) is 0 Å². The first kappa shape index (κ1) is 15.8. The third-order valence-corrected chi connectivity index (χ3v) is 8.47. The average Bonchev–Trinajstić information content (AvgIpc) is 3.00. The lowest BCUT2D eigenvalue weighted by Gasteiger charge is -2.46. The molecule has 4 aliphatic carbocycles. The molecule has 4 saturated carbocycles. The third-order valence-electron chi connectivity index (χ3n) is 8.47. The van der Waals surface area contributed by atoms with Gasteiger partial charge >= 0.3 is 11.9 Å². The van der Waals surface area contributed by atoms with Crippen molar-refractivity contribution in [2.75, 3.05) is 0 Å². The van der Waals surface area contributed by atoms with E-state index in [-0.39, 0.29) is 12.3 Å². The molecule has 1 spiro atoms. The Labute approximate surface area is 145 Å². The van der Waals surface area contributed by atoms with Gasteiger partial charge in [0.25, 0.3) is 0 Å². The minimum Gasteiger partial charge on any atom is -0.481 e. The van der Waals surface area contributed by atoms with Crippen molar-refractivity contribution < 1.29 is 29.6 Å². The summed E-state index contributed by atoms with van der Waals surface area (Å²) in [4.78, 5) is 25.2. The molecule has 5 aliphatic rings. The van der Waals surface area contributed by atoms with Crippen LogP contribution in [-0.4, -0.2) is 45.1 Å². The monoisotopic (exact) mass is 348 g/mol. The number of hydrogen-bond donors (Lipinski definition) is 3. The number of esters is 1. The van der Waals surface area contributed by atoms with E-state index in [1.165, 1.54) is 0 Å². The van der Waals surface area contributed by atoms with Gasteiger partial charge in [-0.2, -0.15) is 0 Å². The summed E-state index contributed by atoms with van der Waals surface area (Å²) in [5.74, 6) is -2.57. The van der Waals surface area contributed by atoms with Crippen molar-refractivity contribution in [2.45, 2.75) is 56.8 Å². The van der Waals surface area contributed by atoms with Crippen LogP contribution in [0.4, 0.5) is 0 Å². The van der Waals surface area contributed by atoms with Gasteiger partial charge in [0, 0.05) is 18.3 Å². The molecule has 0 aromatic heterocycles. The van der Waals surface area contributed by atoms with E-state index in [2.05, 4.69) is 6.58 Å². The zero-order chi connectivity index (χ0) is 17.9. The Bertz CT molecular complexity index is 717. The van der Waals surface area contributed by atoms with E-state index in [4.69, 9.17) is 4.74 Å². The number of carbonyl (C=O) groups excluding carboxylic acids is 1. The lowest BCUT2D eigenvalue weighted by Crippen LogP contribution is -2.59. The molecule has 0 radical (unpaired) electrons. The van der Waals surface area contributed by atoms with Crippen LogP contribution in [0, 0.1) is 34.5 Å². The highest BCUT2D eigenvalue weighted by Crippen LogP contribution is 2.77. The van der Waals surface area contributed by atoms with Gasteiger partial charge in [0.15, 0.2) is 0 Å².